The molecule has 1 aliphatic rings. The largest absolute Gasteiger partial charge is 0.416 e. The number of amides is 1. The molecule has 1 aromatic rings. The van der Waals surface area contributed by atoms with E-state index < -0.39 is 11.7 Å². The van der Waals surface area contributed by atoms with E-state index in [2.05, 4.69) is 0 Å². The van der Waals surface area contributed by atoms with E-state index in [4.69, 9.17) is 0 Å². The number of alkyl halides is 3. The molecule has 1 fully saturated rings. The molecular weight excluding hydrogens is 293 g/mol. The van der Waals surface area contributed by atoms with E-state index in [0.717, 1.165) is 17.8 Å². The second-order valence-electron chi connectivity index (χ2n) is 6.01. The zero-order valence-corrected chi connectivity index (χ0v) is 12.9. The lowest BCUT2D eigenvalue weighted by Gasteiger charge is -2.36. The molecule has 0 aliphatic carbocycles. The van der Waals surface area contributed by atoms with E-state index >= 15 is 0 Å². The number of piperazine rings is 1. The van der Waals surface area contributed by atoms with E-state index in [1.807, 2.05) is 23.6 Å². The smallest absolute Gasteiger partial charge is 0.368 e. The Labute approximate surface area is 128 Å². The van der Waals surface area contributed by atoms with Gasteiger partial charge in [0.2, 0.25) is 5.91 Å². The van der Waals surface area contributed by atoms with Crippen LogP contribution in [0.4, 0.5) is 18.9 Å². The van der Waals surface area contributed by atoms with E-state index in [0.29, 0.717) is 38.5 Å². The van der Waals surface area contributed by atoms with Crippen molar-refractivity contribution in [2.75, 3.05) is 31.1 Å². The van der Waals surface area contributed by atoms with Crippen molar-refractivity contribution in [3.8, 4) is 0 Å². The van der Waals surface area contributed by atoms with Crippen LogP contribution in [0.25, 0.3) is 0 Å². The Bertz CT molecular complexity index is 503. The molecule has 0 N–H and O–H groups in total. The number of carbonyl (C=O) groups excluding carboxylic acids is 1. The Morgan fingerprint density at radius 3 is 2.09 bits per heavy atom. The first-order valence-corrected chi connectivity index (χ1v) is 7.47. The predicted octanol–water partition coefficient (Wildman–Crippen LogP) is 3.40. The monoisotopic (exact) mass is 314 g/mol. The summed E-state index contributed by atoms with van der Waals surface area (Å²) in [6, 6.07) is 5.19. The van der Waals surface area contributed by atoms with Gasteiger partial charge >= 0.3 is 6.18 Å². The zero-order chi connectivity index (χ0) is 16.3. The molecule has 0 saturated carbocycles. The summed E-state index contributed by atoms with van der Waals surface area (Å²) in [5.74, 6) is 0.488. The average molecular weight is 314 g/mol. The zero-order valence-electron chi connectivity index (χ0n) is 12.9. The highest BCUT2D eigenvalue weighted by Gasteiger charge is 2.30. The van der Waals surface area contributed by atoms with Crippen molar-refractivity contribution in [2.45, 2.75) is 26.4 Å². The van der Waals surface area contributed by atoms with Gasteiger partial charge in [-0.3, -0.25) is 4.79 Å². The van der Waals surface area contributed by atoms with Gasteiger partial charge in [0.05, 0.1) is 5.56 Å². The Morgan fingerprint density at radius 2 is 1.64 bits per heavy atom. The molecule has 22 heavy (non-hydrogen) atoms. The van der Waals surface area contributed by atoms with E-state index in [-0.39, 0.29) is 5.91 Å². The second-order valence-corrected chi connectivity index (χ2v) is 6.01. The van der Waals surface area contributed by atoms with E-state index in [1.165, 1.54) is 12.1 Å². The highest BCUT2D eigenvalue weighted by molar-refractivity contribution is 5.76. The molecule has 122 valence electrons. The molecule has 0 spiro atoms. The van der Waals surface area contributed by atoms with Crippen LogP contribution in [0.15, 0.2) is 24.3 Å². The molecule has 1 saturated heterocycles. The van der Waals surface area contributed by atoms with Crippen molar-refractivity contribution in [1.29, 1.82) is 0 Å². The fraction of sp³-hybridized carbons (Fsp3) is 0.562. The topological polar surface area (TPSA) is 23.6 Å². The second kappa shape index (κ2) is 6.58. The summed E-state index contributed by atoms with van der Waals surface area (Å²) in [4.78, 5) is 15.8. The molecule has 0 bridgehead atoms. The summed E-state index contributed by atoms with van der Waals surface area (Å²) >= 11 is 0. The molecule has 1 amide bonds. The quantitative estimate of drug-likeness (QED) is 0.854. The number of carbonyl (C=O) groups is 1. The maximum Gasteiger partial charge on any atom is 0.416 e. The van der Waals surface area contributed by atoms with Gasteiger partial charge < -0.3 is 9.80 Å². The summed E-state index contributed by atoms with van der Waals surface area (Å²) in [6.45, 7) is 6.55. The van der Waals surface area contributed by atoms with Crippen molar-refractivity contribution < 1.29 is 18.0 Å². The standard InChI is InChI=1S/C16H21F3N2O/c1-12(2)11-15(22)21-9-7-20(8-10-21)14-5-3-13(4-6-14)16(17,18)19/h3-6,12H,7-11H2,1-2H3. The van der Waals surface area contributed by atoms with Gasteiger partial charge in [-0.2, -0.15) is 13.2 Å². The molecule has 0 aromatic heterocycles. The summed E-state index contributed by atoms with van der Waals surface area (Å²) in [5.41, 5.74) is 0.131. The van der Waals surface area contributed by atoms with Crippen LogP contribution in [-0.2, 0) is 11.0 Å². The number of benzene rings is 1. The average Bonchev–Trinajstić information content (AvgIpc) is 2.46. The van der Waals surface area contributed by atoms with Crippen LogP contribution in [-0.4, -0.2) is 37.0 Å². The molecule has 3 nitrogen and oxygen atoms in total. The predicted molar refractivity (Wildman–Crippen MR) is 79.7 cm³/mol. The van der Waals surface area contributed by atoms with Crippen LogP contribution in [0.2, 0.25) is 0 Å². The van der Waals surface area contributed by atoms with Gasteiger partial charge in [-0.05, 0) is 30.2 Å². The number of hydrogen-bond acceptors (Lipinski definition) is 2. The third kappa shape index (κ3) is 4.15. The number of rotatable bonds is 3. The molecular formula is C16H21F3N2O. The molecule has 2 rings (SSSR count). The number of hydrogen-bond donors (Lipinski definition) is 0. The molecule has 1 aliphatic heterocycles. The molecule has 0 atom stereocenters. The first kappa shape index (κ1) is 16.6. The van der Waals surface area contributed by atoms with E-state index in [9.17, 15) is 18.0 Å². The maximum absolute atomic E-state index is 12.5. The van der Waals surface area contributed by atoms with Crippen LogP contribution < -0.4 is 4.90 Å². The summed E-state index contributed by atoms with van der Waals surface area (Å²) in [6.07, 6.45) is -3.76. The van der Waals surface area contributed by atoms with Gasteiger partial charge in [-0.25, -0.2) is 0 Å². The number of nitrogens with zero attached hydrogens (tertiary/aromatic N) is 2. The van der Waals surface area contributed by atoms with Gasteiger partial charge in [-0.15, -0.1) is 0 Å². The van der Waals surface area contributed by atoms with Crippen LogP contribution in [0.1, 0.15) is 25.8 Å². The SMILES string of the molecule is CC(C)CC(=O)N1CCN(c2ccc(C(F)(F)F)cc2)CC1. The minimum Gasteiger partial charge on any atom is -0.368 e. The van der Waals surface area contributed by atoms with Crippen molar-refractivity contribution in [3.05, 3.63) is 29.8 Å². The van der Waals surface area contributed by atoms with Gasteiger partial charge in [0.1, 0.15) is 0 Å². The minimum absolute atomic E-state index is 0.155. The van der Waals surface area contributed by atoms with Crippen molar-refractivity contribution in [1.82, 2.24) is 4.90 Å². The molecule has 6 heteroatoms. The van der Waals surface area contributed by atoms with Gasteiger partial charge in [-0.1, -0.05) is 13.8 Å². The lowest BCUT2D eigenvalue weighted by atomic mass is 10.1. The first-order chi connectivity index (χ1) is 10.3. The van der Waals surface area contributed by atoms with Crippen molar-refractivity contribution in [3.63, 3.8) is 0 Å². The Kier molecular flexibility index (Phi) is 4.98. The Morgan fingerprint density at radius 1 is 1.09 bits per heavy atom. The fourth-order valence-corrected chi connectivity index (χ4v) is 2.55. The van der Waals surface area contributed by atoms with Crippen LogP contribution in [0, 0.1) is 5.92 Å². The van der Waals surface area contributed by atoms with Crippen molar-refractivity contribution in [2.24, 2.45) is 5.92 Å². The highest BCUT2D eigenvalue weighted by Crippen LogP contribution is 2.30. The molecule has 1 heterocycles. The normalized spacial score (nSPS) is 16.3. The van der Waals surface area contributed by atoms with Crippen molar-refractivity contribution >= 4 is 11.6 Å². The number of halogens is 3. The van der Waals surface area contributed by atoms with Crippen LogP contribution in [0.5, 0.6) is 0 Å². The number of anilines is 1. The summed E-state index contributed by atoms with van der Waals surface area (Å²) in [5, 5.41) is 0. The Balaban J connectivity index is 1.93. The molecule has 0 unspecified atom stereocenters. The first-order valence-electron chi connectivity index (χ1n) is 7.47. The van der Waals surface area contributed by atoms with Gasteiger partial charge in [0, 0.05) is 38.3 Å². The summed E-state index contributed by atoms with van der Waals surface area (Å²) in [7, 11) is 0. The van der Waals surface area contributed by atoms with Crippen LogP contribution >= 0.6 is 0 Å². The van der Waals surface area contributed by atoms with Gasteiger partial charge in [0.25, 0.3) is 0 Å². The summed E-state index contributed by atoms with van der Waals surface area (Å²) < 4.78 is 37.6. The third-order valence-corrected chi connectivity index (χ3v) is 3.78. The van der Waals surface area contributed by atoms with Gasteiger partial charge in [0.15, 0.2) is 0 Å². The van der Waals surface area contributed by atoms with Crippen LogP contribution in [0.3, 0.4) is 0 Å². The fourth-order valence-electron chi connectivity index (χ4n) is 2.55. The Hall–Kier alpha value is -1.72. The van der Waals surface area contributed by atoms with E-state index in [1.54, 1.807) is 0 Å². The molecule has 0 radical (unpaired) electrons. The lowest BCUT2D eigenvalue weighted by molar-refractivity contribution is -0.137. The lowest BCUT2D eigenvalue weighted by Crippen LogP contribution is -2.49. The molecule has 1 aromatic carbocycles. The maximum atomic E-state index is 12.5. The third-order valence-electron chi connectivity index (χ3n) is 3.78. The highest BCUT2D eigenvalue weighted by atomic mass is 19.4. The minimum atomic E-state index is -4.31.